The van der Waals surface area contributed by atoms with Crippen LogP contribution in [0.2, 0.25) is 0 Å². The summed E-state index contributed by atoms with van der Waals surface area (Å²) in [6, 6.07) is 1.89. The number of hydrogen-bond donors (Lipinski definition) is 0. The Bertz CT molecular complexity index is 829. The summed E-state index contributed by atoms with van der Waals surface area (Å²) in [5.74, 6) is 1.60. The number of aromatic nitrogens is 6. The molecule has 0 radical (unpaired) electrons. The standard InChI is InChI=1S/C16H20N8O/c1-23(10-12-6-7-17-11-18-12)15-16(24-8-4-2-3-5-9-24)20-14-13(19-15)21-25-22-14/h6-7,11H,2-5,8-10H2,1H3. The van der Waals surface area contributed by atoms with E-state index < -0.39 is 0 Å². The van der Waals surface area contributed by atoms with Crippen LogP contribution in [0.4, 0.5) is 11.6 Å². The van der Waals surface area contributed by atoms with Crippen molar-refractivity contribution in [2.45, 2.75) is 32.2 Å². The smallest absolute Gasteiger partial charge is 0.245 e. The average Bonchev–Trinajstić information content (AvgIpc) is 2.93. The summed E-state index contributed by atoms with van der Waals surface area (Å²) in [7, 11) is 1.98. The van der Waals surface area contributed by atoms with E-state index >= 15 is 0 Å². The molecule has 25 heavy (non-hydrogen) atoms. The minimum absolute atomic E-state index is 0.420. The highest BCUT2D eigenvalue weighted by molar-refractivity contribution is 5.74. The lowest BCUT2D eigenvalue weighted by Gasteiger charge is -2.27. The van der Waals surface area contributed by atoms with Crippen molar-refractivity contribution < 1.29 is 4.63 Å². The maximum Gasteiger partial charge on any atom is 0.245 e. The Kier molecular flexibility index (Phi) is 4.36. The fourth-order valence-electron chi connectivity index (χ4n) is 3.10. The Morgan fingerprint density at radius 3 is 2.56 bits per heavy atom. The molecular formula is C16H20N8O. The van der Waals surface area contributed by atoms with Crippen LogP contribution >= 0.6 is 0 Å². The normalized spacial score (nSPS) is 15.3. The fourth-order valence-corrected chi connectivity index (χ4v) is 3.10. The van der Waals surface area contributed by atoms with Gasteiger partial charge in [-0.2, -0.15) is 0 Å². The quantitative estimate of drug-likeness (QED) is 0.704. The van der Waals surface area contributed by atoms with Crippen LogP contribution in [0.5, 0.6) is 0 Å². The molecule has 1 saturated heterocycles. The van der Waals surface area contributed by atoms with Crippen molar-refractivity contribution in [3.8, 4) is 0 Å². The predicted molar refractivity (Wildman–Crippen MR) is 92.2 cm³/mol. The van der Waals surface area contributed by atoms with Crippen molar-refractivity contribution >= 4 is 22.9 Å². The third kappa shape index (κ3) is 3.35. The molecule has 3 aromatic rings. The molecule has 130 valence electrons. The lowest BCUT2D eigenvalue weighted by Crippen LogP contribution is -2.29. The summed E-state index contributed by atoms with van der Waals surface area (Å²) in [5, 5.41) is 7.70. The van der Waals surface area contributed by atoms with Crippen LogP contribution in [-0.4, -0.2) is 50.4 Å². The maximum atomic E-state index is 4.80. The molecule has 0 atom stereocenters. The molecule has 4 heterocycles. The van der Waals surface area contributed by atoms with Crippen LogP contribution in [-0.2, 0) is 6.54 Å². The Labute approximate surface area is 145 Å². The zero-order chi connectivity index (χ0) is 17.1. The number of fused-ring (bicyclic) bond motifs is 1. The first-order chi connectivity index (χ1) is 12.3. The van der Waals surface area contributed by atoms with Crippen LogP contribution in [0.3, 0.4) is 0 Å². The van der Waals surface area contributed by atoms with E-state index in [1.165, 1.54) is 12.8 Å². The van der Waals surface area contributed by atoms with E-state index in [0.29, 0.717) is 17.8 Å². The minimum Gasteiger partial charge on any atom is -0.353 e. The van der Waals surface area contributed by atoms with Crippen molar-refractivity contribution in [3.63, 3.8) is 0 Å². The summed E-state index contributed by atoms with van der Waals surface area (Å²) in [6.07, 6.45) is 8.11. The average molecular weight is 340 g/mol. The van der Waals surface area contributed by atoms with Gasteiger partial charge in [-0.15, -0.1) is 0 Å². The molecule has 1 fully saturated rings. The molecule has 0 aliphatic carbocycles. The Balaban J connectivity index is 1.70. The van der Waals surface area contributed by atoms with Gasteiger partial charge >= 0.3 is 0 Å². The van der Waals surface area contributed by atoms with Gasteiger partial charge in [-0.3, -0.25) is 0 Å². The topological polar surface area (TPSA) is 97.0 Å². The van der Waals surface area contributed by atoms with Gasteiger partial charge < -0.3 is 9.80 Å². The van der Waals surface area contributed by atoms with Gasteiger partial charge in [0.2, 0.25) is 11.3 Å². The van der Waals surface area contributed by atoms with E-state index in [2.05, 4.69) is 35.1 Å². The molecule has 0 unspecified atom stereocenters. The van der Waals surface area contributed by atoms with Crippen molar-refractivity contribution in [3.05, 3.63) is 24.3 Å². The van der Waals surface area contributed by atoms with E-state index in [0.717, 1.165) is 43.3 Å². The third-order valence-electron chi connectivity index (χ3n) is 4.39. The van der Waals surface area contributed by atoms with Gasteiger partial charge in [0, 0.05) is 26.3 Å². The SMILES string of the molecule is CN(Cc1ccncn1)c1nc2nonc2nc1N1CCCCCC1. The summed E-state index contributed by atoms with van der Waals surface area (Å²) >= 11 is 0. The fraction of sp³-hybridized carbons (Fsp3) is 0.500. The minimum atomic E-state index is 0.420. The molecule has 0 amide bonds. The van der Waals surface area contributed by atoms with E-state index in [-0.39, 0.29) is 0 Å². The molecule has 0 bridgehead atoms. The highest BCUT2D eigenvalue weighted by atomic mass is 16.6. The zero-order valence-electron chi connectivity index (χ0n) is 14.2. The predicted octanol–water partition coefficient (Wildman–Crippen LogP) is 1.82. The summed E-state index contributed by atoms with van der Waals surface area (Å²) in [5.41, 5.74) is 1.78. The monoisotopic (exact) mass is 340 g/mol. The van der Waals surface area contributed by atoms with Gasteiger partial charge in [0.05, 0.1) is 12.2 Å². The van der Waals surface area contributed by atoms with E-state index in [4.69, 9.17) is 4.63 Å². The molecule has 4 rings (SSSR count). The van der Waals surface area contributed by atoms with Crippen LogP contribution in [0.15, 0.2) is 23.2 Å². The number of anilines is 2. The van der Waals surface area contributed by atoms with Crippen molar-refractivity contribution in [2.75, 3.05) is 29.9 Å². The van der Waals surface area contributed by atoms with Gasteiger partial charge in [0.1, 0.15) is 6.33 Å². The lowest BCUT2D eigenvalue weighted by molar-refractivity contribution is 0.314. The van der Waals surface area contributed by atoms with Gasteiger partial charge in [-0.05, 0) is 29.2 Å². The van der Waals surface area contributed by atoms with Crippen LogP contribution in [0.25, 0.3) is 11.3 Å². The summed E-state index contributed by atoms with van der Waals surface area (Å²) in [6.45, 7) is 2.55. The molecule has 9 nitrogen and oxygen atoms in total. The number of nitrogens with zero attached hydrogens (tertiary/aromatic N) is 8. The molecule has 0 spiro atoms. The first kappa shape index (κ1) is 15.7. The zero-order valence-corrected chi connectivity index (χ0v) is 14.2. The van der Waals surface area contributed by atoms with Gasteiger partial charge in [-0.25, -0.2) is 24.6 Å². The summed E-state index contributed by atoms with van der Waals surface area (Å²) < 4.78 is 4.80. The molecule has 1 aliphatic heterocycles. The van der Waals surface area contributed by atoms with Crippen LogP contribution in [0.1, 0.15) is 31.4 Å². The van der Waals surface area contributed by atoms with Gasteiger partial charge in [-0.1, -0.05) is 12.8 Å². The third-order valence-corrected chi connectivity index (χ3v) is 4.39. The molecule has 3 aromatic heterocycles. The van der Waals surface area contributed by atoms with Crippen LogP contribution < -0.4 is 9.80 Å². The van der Waals surface area contributed by atoms with Crippen molar-refractivity contribution in [2.24, 2.45) is 0 Å². The molecule has 0 aromatic carbocycles. The first-order valence-electron chi connectivity index (χ1n) is 8.52. The Morgan fingerprint density at radius 2 is 1.84 bits per heavy atom. The molecule has 0 N–H and O–H groups in total. The van der Waals surface area contributed by atoms with Gasteiger partial charge in [0.25, 0.3) is 0 Å². The second-order valence-corrected chi connectivity index (χ2v) is 6.24. The Morgan fingerprint density at radius 1 is 1.08 bits per heavy atom. The second-order valence-electron chi connectivity index (χ2n) is 6.24. The van der Waals surface area contributed by atoms with Crippen molar-refractivity contribution in [1.29, 1.82) is 0 Å². The maximum absolute atomic E-state index is 4.80. The number of hydrogen-bond acceptors (Lipinski definition) is 9. The van der Waals surface area contributed by atoms with Crippen molar-refractivity contribution in [1.82, 2.24) is 30.2 Å². The molecule has 1 aliphatic rings. The van der Waals surface area contributed by atoms with E-state index in [1.54, 1.807) is 12.5 Å². The highest BCUT2D eigenvalue weighted by Crippen LogP contribution is 2.29. The summed E-state index contributed by atoms with van der Waals surface area (Å²) in [4.78, 5) is 21.9. The largest absolute Gasteiger partial charge is 0.353 e. The second kappa shape index (κ2) is 6.96. The first-order valence-corrected chi connectivity index (χ1v) is 8.52. The molecule has 0 saturated carbocycles. The lowest BCUT2D eigenvalue weighted by atomic mass is 10.2. The van der Waals surface area contributed by atoms with E-state index in [9.17, 15) is 0 Å². The highest BCUT2D eigenvalue weighted by Gasteiger charge is 2.22. The van der Waals surface area contributed by atoms with E-state index in [1.807, 2.05) is 18.0 Å². The van der Waals surface area contributed by atoms with Crippen LogP contribution in [0, 0.1) is 0 Å². The number of rotatable bonds is 4. The Hall–Kier alpha value is -2.84. The molecular weight excluding hydrogens is 320 g/mol. The molecule has 9 heteroatoms. The van der Waals surface area contributed by atoms with Gasteiger partial charge in [0.15, 0.2) is 11.6 Å².